The van der Waals surface area contributed by atoms with Gasteiger partial charge < -0.3 is 9.84 Å². The number of ether oxygens (including phenoxy) is 1. The summed E-state index contributed by atoms with van der Waals surface area (Å²) in [5, 5.41) is 13.1. The normalized spacial score (nSPS) is 10.4. The van der Waals surface area contributed by atoms with E-state index in [4.69, 9.17) is 21.4 Å². The van der Waals surface area contributed by atoms with E-state index in [0.717, 1.165) is 10.6 Å². The van der Waals surface area contributed by atoms with Crippen LogP contribution in [-0.4, -0.2) is 33.0 Å². The Morgan fingerprint density at radius 3 is 2.37 bits per heavy atom. The van der Waals surface area contributed by atoms with E-state index >= 15 is 0 Å². The zero-order chi connectivity index (χ0) is 14.2. The fourth-order valence-electron chi connectivity index (χ4n) is 1.58. The average Bonchev–Trinajstić information content (AvgIpc) is 2.69. The number of H-pyrrole nitrogens is 2. The van der Waals surface area contributed by atoms with Gasteiger partial charge in [0.15, 0.2) is 0 Å². The number of benzene rings is 1. The van der Waals surface area contributed by atoms with Crippen molar-refractivity contribution in [2.24, 2.45) is 0 Å². The van der Waals surface area contributed by atoms with Gasteiger partial charge >= 0.3 is 17.3 Å². The van der Waals surface area contributed by atoms with Gasteiger partial charge in [0.05, 0.1) is 17.8 Å². The lowest BCUT2D eigenvalue weighted by Gasteiger charge is -2.09. The molecule has 9 heteroatoms. The highest BCUT2D eigenvalue weighted by atomic mass is 35.5. The largest absolute Gasteiger partial charge is 0.496 e. The Morgan fingerprint density at radius 1 is 1.32 bits per heavy atom. The number of carbonyl (C=O) groups is 1. The second-order valence-electron chi connectivity index (χ2n) is 3.50. The summed E-state index contributed by atoms with van der Waals surface area (Å²) in [6.07, 6.45) is 0. The van der Waals surface area contributed by atoms with Crippen LogP contribution in [0.25, 0.3) is 5.69 Å². The second-order valence-corrected chi connectivity index (χ2v) is 3.91. The average molecular weight is 286 g/mol. The van der Waals surface area contributed by atoms with E-state index in [2.05, 4.69) is 10.2 Å². The molecule has 0 radical (unpaired) electrons. The maximum Gasteiger partial charge on any atom is 0.349 e. The van der Waals surface area contributed by atoms with Gasteiger partial charge in [-0.05, 0) is 6.07 Å². The number of nitrogens with zero attached hydrogens (tertiary/aromatic N) is 1. The molecule has 8 nitrogen and oxygen atoms in total. The first-order valence-electron chi connectivity index (χ1n) is 4.96. The highest BCUT2D eigenvalue weighted by Gasteiger charge is 2.18. The maximum absolute atomic E-state index is 11.5. The third kappa shape index (κ3) is 2.13. The van der Waals surface area contributed by atoms with Gasteiger partial charge in [0, 0.05) is 6.07 Å². The first-order chi connectivity index (χ1) is 8.95. The van der Waals surface area contributed by atoms with Gasteiger partial charge in [0.1, 0.15) is 11.3 Å². The summed E-state index contributed by atoms with van der Waals surface area (Å²) in [6, 6.07) is 2.31. The molecule has 1 aromatic carbocycles. The van der Waals surface area contributed by atoms with E-state index in [9.17, 15) is 14.4 Å². The maximum atomic E-state index is 11.5. The molecule has 0 fully saturated rings. The van der Waals surface area contributed by atoms with Crippen LogP contribution in [0.5, 0.6) is 5.75 Å². The molecule has 0 saturated carbocycles. The summed E-state index contributed by atoms with van der Waals surface area (Å²) in [4.78, 5) is 33.9. The molecule has 19 heavy (non-hydrogen) atoms. The molecule has 0 bridgehead atoms. The zero-order valence-electron chi connectivity index (χ0n) is 9.56. The summed E-state index contributed by atoms with van der Waals surface area (Å²) in [7, 11) is 1.27. The predicted octanol–water partition coefficient (Wildman–Crippen LogP) is 0.214. The Bertz CT molecular complexity index is 730. The van der Waals surface area contributed by atoms with Gasteiger partial charge in [-0.25, -0.2) is 29.1 Å². The Kier molecular flexibility index (Phi) is 3.17. The molecule has 3 N–H and O–H groups in total. The lowest BCUT2D eigenvalue weighted by molar-refractivity contribution is 0.0693. The minimum Gasteiger partial charge on any atom is -0.496 e. The van der Waals surface area contributed by atoms with Gasteiger partial charge in [0.25, 0.3) is 0 Å². The van der Waals surface area contributed by atoms with Crippen molar-refractivity contribution in [1.29, 1.82) is 0 Å². The van der Waals surface area contributed by atoms with Crippen LogP contribution in [0.3, 0.4) is 0 Å². The minimum absolute atomic E-state index is 0.0144. The van der Waals surface area contributed by atoms with Crippen LogP contribution in [0.15, 0.2) is 21.7 Å². The number of aromatic nitrogens is 3. The van der Waals surface area contributed by atoms with Crippen LogP contribution in [-0.2, 0) is 0 Å². The Labute approximate surface area is 110 Å². The molecule has 100 valence electrons. The monoisotopic (exact) mass is 285 g/mol. The number of methoxy groups -OCH3 is 1. The van der Waals surface area contributed by atoms with E-state index in [1.54, 1.807) is 0 Å². The van der Waals surface area contributed by atoms with Crippen LogP contribution >= 0.6 is 11.6 Å². The lowest BCUT2D eigenvalue weighted by atomic mass is 10.2. The molecule has 0 atom stereocenters. The predicted molar refractivity (Wildman–Crippen MR) is 65.5 cm³/mol. The fraction of sp³-hybridized carbons (Fsp3) is 0.100. The van der Waals surface area contributed by atoms with Crippen LogP contribution in [0, 0.1) is 0 Å². The van der Waals surface area contributed by atoms with Crippen molar-refractivity contribution in [2.75, 3.05) is 7.11 Å². The summed E-state index contributed by atoms with van der Waals surface area (Å²) in [6.45, 7) is 0. The zero-order valence-corrected chi connectivity index (χ0v) is 10.3. The van der Waals surface area contributed by atoms with E-state index in [1.807, 2.05) is 0 Å². The number of hydrogen-bond donors (Lipinski definition) is 3. The van der Waals surface area contributed by atoms with E-state index < -0.39 is 17.3 Å². The SMILES string of the molecule is COc1cc(-n2c(=O)[nH][nH]c2=O)c(Cl)cc1C(=O)O. The van der Waals surface area contributed by atoms with Crippen LogP contribution in [0.2, 0.25) is 5.02 Å². The standard InChI is InChI=1S/C10H8ClN3O5/c1-19-7-3-6(5(11)2-4(7)8(15)16)14-9(17)12-13-10(14)18/h2-3H,1H3,(H,12,17)(H,13,18)(H,15,16). The highest BCUT2D eigenvalue weighted by Crippen LogP contribution is 2.28. The summed E-state index contributed by atoms with van der Waals surface area (Å²) < 4.78 is 5.64. The van der Waals surface area contributed by atoms with Crippen molar-refractivity contribution in [3.63, 3.8) is 0 Å². The molecule has 0 aliphatic carbocycles. The molecular formula is C10H8ClN3O5. The number of rotatable bonds is 3. The number of carboxylic acid groups (broad SMARTS) is 1. The van der Waals surface area contributed by atoms with E-state index in [0.29, 0.717) is 0 Å². The molecule has 0 aliphatic rings. The minimum atomic E-state index is -1.24. The van der Waals surface area contributed by atoms with Crippen molar-refractivity contribution in [3.05, 3.63) is 43.7 Å². The summed E-state index contributed by atoms with van der Waals surface area (Å²) in [5.74, 6) is -1.25. The molecule has 1 heterocycles. The van der Waals surface area contributed by atoms with Crippen molar-refractivity contribution in [1.82, 2.24) is 14.8 Å². The molecule has 2 rings (SSSR count). The number of carboxylic acids is 1. The number of halogens is 1. The van der Waals surface area contributed by atoms with E-state index in [-0.39, 0.29) is 22.0 Å². The topological polar surface area (TPSA) is 117 Å². The molecular weight excluding hydrogens is 278 g/mol. The van der Waals surface area contributed by atoms with Crippen molar-refractivity contribution >= 4 is 17.6 Å². The van der Waals surface area contributed by atoms with Gasteiger partial charge in [-0.1, -0.05) is 11.6 Å². The summed E-state index contributed by atoms with van der Waals surface area (Å²) in [5.41, 5.74) is -1.60. The number of aromatic carboxylic acids is 1. The van der Waals surface area contributed by atoms with Crippen LogP contribution in [0.4, 0.5) is 0 Å². The lowest BCUT2D eigenvalue weighted by Crippen LogP contribution is -2.25. The number of hydrogen-bond acceptors (Lipinski definition) is 4. The van der Waals surface area contributed by atoms with Crippen molar-refractivity contribution in [3.8, 4) is 11.4 Å². The molecule has 0 saturated heterocycles. The van der Waals surface area contributed by atoms with Gasteiger partial charge in [-0.15, -0.1) is 0 Å². The molecule has 0 aliphatic heterocycles. The van der Waals surface area contributed by atoms with Crippen LogP contribution in [0.1, 0.15) is 10.4 Å². The quantitative estimate of drug-likeness (QED) is 0.745. The van der Waals surface area contributed by atoms with Gasteiger partial charge in [-0.3, -0.25) is 0 Å². The summed E-state index contributed by atoms with van der Waals surface area (Å²) >= 11 is 5.89. The molecule has 0 spiro atoms. The van der Waals surface area contributed by atoms with Crippen molar-refractivity contribution in [2.45, 2.75) is 0 Å². The molecule has 2 aromatic rings. The number of aromatic amines is 2. The Balaban J connectivity index is 2.77. The highest BCUT2D eigenvalue weighted by molar-refractivity contribution is 6.32. The van der Waals surface area contributed by atoms with Crippen molar-refractivity contribution < 1.29 is 14.6 Å². The molecule has 0 amide bonds. The third-order valence-electron chi connectivity index (χ3n) is 2.42. The Hall–Kier alpha value is -2.48. The Morgan fingerprint density at radius 2 is 1.89 bits per heavy atom. The van der Waals surface area contributed by atoms with Gasteiger partial charge in [0.2, 0.25) is 0 Å². The first-order valence-corrected chi connectivity index (χ1v) is 5.34. The first kappa shape index (κ1) is 13.0. The van der Waals surface area contributed by atoms with E-state index in [1.165, 1.54) is 13.2 Å². The molecule has 1 aromatic heterocycles. The molecule has 0 unspecified atom stereocenters. The van der Waals surface area contributed by atoms with Gasteiger partial charge in [-0.2, -0.15) is 0 Å². The van der Waals surface area contributed by atoms with Crippen LogP contribution < -0.4 is 16.1 Å². The number of nitrogens with one attached hydrogen (secondary N) is 2. The second kappa shape index (κ2) is 4.65. The third-order valence-corrected chi connectivity index (χ3v) is 2.73. The fourth-order valence-corrected chi connectivity index (χ4v) is 1.83. The smallest absolute Gasteiger partial charge is 0.349 e.